The van der Waals surface area contributed by atoms with E-state index in [2.05, 4.69) is 13.0 Å². The van der Waals surface area contributed by atoms with Gasteiger partial charge in [0.05, 0.1) is 5.92 Å². The molecule has 0 spiro atoms. The number of amides is 2. The number of thioether (sulfide) groups is 1. The van der Waals surface area contributed by atoms with Crippen LogP contribution in [0.3, 0.4) is 0 Å². The molecular formula is C21H22N2O2S. The lowest BCUT2D eigenvalue weighted by molar-refractivity contribution is -0.124. The highest BCUT2D eigenvalue weighted by Gasteiger charge is 2.40. The van der Waals surface area contributed by atoms with Crippen LogP contribution in [0.2, 0.25) is 0 Å². The molecule has 0 unspecified atom stereocenters. The minimum Gasteiger partial charge on any atom is -0.312 e. The second kappa shape index (κ2) is 6.80. The first-order chi connectivity index (χ1) is 12.6. The van der Waals surface area contributed by atoms with Crippen LogP contribution in [0.15, 0.2) is 53.4 Å². The molecule has 0 radical (unpaired) electrons. The van der Waals surface area contributed by atoms with Crippen molar-refractivity contribution in [2.75, 3.05) is 22.6 Å². The topological polar surface area (TPSA) is 40.6 Å². The average molecular weight is 366 g/mol. The number of benzene rings is 2. The van der Waals surface area contributed by atoms with Crippen molar-refractivity contribution in [1.29, 1.82) is 0 Å². The molecule has 4 rings (SSSR count). The maximum absolute atomic E-state index is 13.2. The standard InChI is InChI=1S/C21H22N2O2S/c1-14-11-15-5-3-4-6-19(15)23(14)21(25)16-12-20(24)22(13-16)17-7-9-18(26-2)10-8-17/h3-10,14,16H,11-13H2,1-2H3/t14-,16-/m1/s1. The van der Waals surface area contributed by atoms with E-state index in [0.717, 1.165) is 22.7 Å². The molecule has 26 heavy (non-hydrogen) atoms. The molecule has 0 saturated carbocycles. The van der Waals surface area contributed by atoms with Gasteiger partial charge in [-0.2, -0.15) is 0 Å². The summed E-state index contributed by atoms with van der Waals surface area (Å²) >= 11 is 1.67. The summed E-state index contributed by atoms with van der Waals surface area (Å²) in [5.41, 5.74) is 3.08. The molecule has 4 nitrogen and oxygen atoms in total. The summed E-state index contributed by atoms with van der Waals surface area (Å²) in [6.45, 7) is 2.54. The van der Waals surface area contributed by atoms with E-state index < -0.39 is 0 Å². The molecule has 2 aliphatic heterocycles. The fourth-order valence-electron chi connectivity index (χ4n) is 3.98. The Morgan fingerprint density at radius 1 is 1.08 bits per heavy atom. The third kappa shape index (κ3) is 2.90. The molecule has 2 atom stereocenters. The first kappa shape index (κ1) is 17.2. The normalized spacial score (nSPS) is 22.0. The molecule has 1 saturated heterocycles. The van der Waals surface area contributed by atoms with Gasteiger partial charge in [0.2, 0.25) is 11.8 Å². The first-order valence-electron chi connectivity index (χ1n) is 8.94. The Bertz CT molecular complexity index is 849. The number of nitrogens with zero attached hydrogens (tertiary/aromatic N) is 2. The van der Waals surface area contributed by atoms with E-state index >= 15 is 0 Å². The molecule has 1 fully saturated rings. The maximum Gasteiger partial charge on any atom is 0.232 e. The monoisotopic (exact) mass is 366 g/mol. The van der Waals surface area contributed by atoms with Crippen molar-refractivity contribution >= 4 is 35.0 Å². The van der Waals surface area contributed by atoms with Crippen LogP contribution in [0.4, 0.5) is 11.4 Å². The van der Waals surface area contributed by atoms with Gasteiger partial charge < -0.3 is 9.80 Å². The summed E-state index contributed by atoms with van der Waals surface area (Å²) in [6.07, 6.45) is 3.19. The zero-order valence-electron chi connectivity index (χ0n) is 15.0. The van der Waals surface area contributed by atoms with Gasteiger partial charge in [-0.05, 0) is 55.5 Å². The Morgan fingerprint density at radius 3 is 2.54 bits per heavy atom. The first-order valence-corrected chi connectivity index (χ1v) is 10.2. The van der Waals surface area contributed by atoms with Crippen LogP contribution in [0.5, 0.6) is 0 Å². The Hall–Kier alpha value is -2.27. The Labute approximate surface area is 158 Å². The smallest absolute Gasteiger partial charge is 0.232 e. The summed E-state index contributed by atoms with van der Waals surface area (Å²) < 4.78 is 0. The van der Waals surface area contributed by atoms with E-state index in [1.807, 2.05) is 53.6 Å². The summed E-state index contributed by atoms with van der Waals surface area (Å²) in [5.74, 6) is -0.184. The van der Waals surface area contributed by atoms with Crippen molar-refractivity contribution in [2.45, 2.75) is 30.7 Å². The van der Waals surface area contributed by atoms with Crippen LogP contribution >= 0.6 is 11.8 Å². The molecule has 134 valence electrons. The summed E-state index contributed by atoms with van der Waals surface area (Å²) in [4.78, 5) is 30.5. The van der Waals surface area contributed by atoms with E-state index in [-0.39, 0.29) is 30.2 Å². The van der Waals surface area contributed by atoms with E-state index in [1.54, 1.807) is 16.7 Å². The molecular weight excluding hydrogens is 344 g/mol. The average Bonchev–Trinajstić information content (AvgIpc) is 3.20. The highest BCUT2D eigenvalue weighted by molar-refractivity contribution is 7.98. The van der Waals surface area contributed by atoms with Crippen molar-refractivity contribution < 1.29 is 9.59 Å². The zero-order valence-corrected chi connectivity index (χ0v) is 15.8. The number of carbonyl (C=O) groups is 2. The Balaban J connectivity index is 1.54. The minimum absolute atomic E-state index is 0.0281. The summed E-state index contributed by atoms with van der Waals surface area (Å²) in [6, 6.07) is 16.2. The van der Waals surface area contributed by atoms with Crippen LogP contribution in [0, 0.1) is 5.92 Å². The van der Waals surface area contributed by atoms with Gasteiger partial charge in [-0.1, -0.05) is 18.2 Å². The van der Waals surface area contributed by atoms with Crippen LogP contribution in [0.25, 0.3) is 0 Å². The van der Waals surface area contributed by atoms with Crippen molar-refractivity contribution in [3.8, 4) is 0 Å². The molecule has 0 bridgehead atoms. The molecule has 0 aliphatic carbocycles. The summed E-state index contributed by atoms with van der Waals surface area (Å²) in [5, 5.41) is 0. The van der Waals surface area contributed by atoms with Crippen molar-refractivity contribution in [3.05, 3.63) is 54.1 Å². The number of hydrogen-bond donors (Lipinski definition) is 0. The Morgan fingerprint density at radius 2 is 1.81 bits per heavy atom. The number of carbonyl (C=O) groups excluding carboxylic acids is 2. The molecule has 2 amide bonds. The van der Waals surface area contributed by atoms with Crippen molar-refractivity contribution in [1.82, 2.24) is 0 Å². The minimum atomic E-state index is -0.281. The molecule has 2 aliphatic rings. The van der Waals surface area contributed by atoms with Crippen LogP contribution in [-0.4, -0.2) is 30.7 Å². The van der Waals surface area contributed by atoms with E-state index in [4.69, 9.17) is 0 Å². The number of para-hydroxylation sites is 1. The highest BCUT2D eigenvalue weighted by Crippen LogP contribution is 2.35. The van der Waals surface area contributed by atoms with Gasteiger partial charge in [0.1, 0.15) is 0 Å². The van der Waals surface area contributed by atoms with Gasteiger partial charge >= 0.3 is 0 Å². The number of fused-ring (bicyclic) bond motifs is 1. The number of hydrogen-bond acceptors (Lipinski definition) is 3. The van der Waals surface area contributed by atoms with Gasteiger partial charge in [-0.15, -0.1) is 11.8 Å². The van der Waals surface area contributed by atoms with Gasteiger partial charge in [-0.25, -0.2) is 0 Å². The second-order valence-corrected chi connectivity index (χ2v) is 7.87. The van der Waals surface area contributed by atoms with Gasteiger partial charge in [0.15, 0.2) is 0 Å². The predicted molar refractivity (Wildman–Crippen MR) is 106 cm³/mol. The lowest BCUT2D eigenvalue weighted by Crippen LogP contribution is -2.41. The third-order valence-electron chi connectivity index (χ3n) is 5.30. The van der Waals surface area contributed by atoms with E-state index in [0.29, 0.717) is 6.54 Å². The van der Waals surface area contributed by atoms with Crippen molar-refractivity contribution in [3.63, 3.8) is 0 Å². The lowest BCUT2D eigenvalue weighted by atomic mass is 10.1. The largest absolute Gasteiger partial charge is 0.312 e. The van der Waals surface area contributed by atoms with Crippen molar-refractivity contribution in [2.24, 2.45) is 5.92 Å². The SMILES string of the molecule is CSc1ccc(N2C[C@H](C(=O)N3c4ccccc4C[C@H]3C)CC2=O)cc1. The van der Waals surface area contributed by atoms with E-state index in [9.17, 15) is 9.59 Å². The zero-order chi connectivity index (χ0) is 18.3. The van der Waals surface area contributed by atoms with Crippen LogP contribution < -0.4 is 9.80 Å². The summed E-state index contributed by atoms with van der Waals surface area (Å²) in [7, 11) is 0. The third-order valence-corrected chi connectivity index (χ3v) is 6.05. The van der Waals surface area contributed by atoms with Crippen LogP contribution in [0.1, 0.15) is 18.9 Å². The molecule has 2 aromatic carbocycles. The van der Waals surface area contributed by atoms with Gasteiger partial charge in [-0.3, -0.25) is 9.59 Å². The molecule has 2 heterocycles. The fourth-order valence-corrected chi connectivity index (χ4v) is 4.39. The molecule has 2 aromatic rings. The fraction of sp³-hybridized carbons (Fsp3) is 0.333. The molecule has 0 N–H and O–H groups in total. The van der Waals surface area contributed by atoms with Crippen LogP contribution in [-0.2, 0) is 16.0 Å². The predicted octanol–water partition coefficient (Wildman–Crippen LogP) is 3.74. The lowest BCUT2D eigenvalue weighted by Gasteiger charge is -2.26. The number of anilines is 2. The van der Waals surface area contributed by atoms with Gasteiger partial charge in [0.25, 0.3) is 0 Å². The maximum atomic E-state index is 13.2. The second-order valence-electron chi connectivity index (χ2n) is 6.99. The van der Waals surface area contributed by atoms with E-state index in [1.165, 1.54) is 5.56 Å². The highest BCUT2D eigenvalue weighted by atomic mass is 32.2. The Kier molecular flexibility index (Phi) is 4.49. The molecule has 0 aromatic heterocycles. The number of rotatable bonds is 3. The molecule has 5 heteroatoms. The quantitative estimate of drug-likeness (QED) is 0.777. The van der Waals surface area contributed by atoms with Gasteiger partial charge in [0, 0.05) is 35.3 Å².